The van der Waals surface area contributed by atoms with E-state index in [2.05, 4.69) is 11.1 Å². The van der Waals surface area contributed by atoms with Gasteiger partial charge < -0.3 is 9.47 Å². The van der Waals surface area contributed by atoms with Crippen LogP contribution >= 0.6 is 23.4 Å². The molecule has 6 nitrogen and oxygen atoms in total. The van der Waals surface area contributed by atoms with Crippen LogP contribution in [0, 0.1) is 11.3 Å². The first kappa shape index (κ1) is 23.4. The van der Waals surface area contributed by atoms with Crippen molar-refractivity contribution in [2.75, 3.05) is 19.1 Å². The predicted octanol–water partition coefficient (Wildman–Crippen LogP) is 5.91. The van der Waals surface area contributed by atoms with Crippen LogP contribution in [0.25, 0.3) is 6.08 Å². The molecule has 0 unspecified atom stereocenters. The summed E-state index contributed by atoms with van der Waals surface area (Å²) in [7, 11) is 3.13. The Hall–Kier alpha value is -3.73. The normalized spacial score (nSPS) is 14.2. The number of methoxy groups -OCH3 is 2. The van der Waals surface area contributed by atoms with Gasteiger partial charge in [-0.25, -0.2) is 4.99 Å². The molecular formula is C26H20ClN3O3S. The minimum atomic E-state index is -0.256. The molecule has 3 aromatic rings. The Morgan fingerprint density at radius 2 is 1.88 bits per heavy atom. The molecule has 34 heavy (non-hydrogen) atoms. The van der Waals surface area contributed by atoms with Gasteiger partial charge in [0.05, 0.1) is 36.6 Å². The molecule has 0 atom stereocenters. The van der Waals surface area contributed by atoms with Gasteiger partial charge in [0.1, 0.15) is 17.2 Å². The quantitative estimate of drug-likeness (QED) is 0.402. The first-order chi connectivity index (χ1) is 16.5. The van der Waals surface area contributed by atoms with Crippen LogP contribution in [0.2, 0.25) is 5.02 Å². The molecule has 0 fully saturated rings. The second kappa shape index (κ2) is 10.5. The zero-order valence-electron chi connectivity index (χ0n) is 18.5. The maximum atomic E-state index is 13.4. The van der Waals surface area contributed by atoms with Crippen molar-refractivity contribution in [3.05, 3.63) is 94.1 Å². The number of amides is 1. The van der Waals surface area contributed by atoms with Gasteiger partial charge in [0, 0.05) is 11.8 Å². The van der Waals surface area contributed by atoms with E-state index in [9.17, 15) is 10.1 Å². The highest BCUT2D eigenvalue weighted by atomic mass is 35.5. The third-order valence-corrected chi connectivity index (χ3v) is 6.39. The van der Waals surface area contributed by atoms with Gasteiger partial charge in [-0.1, -0.05) is 47.6 Å². The van der Waals surface area contributed by atoms with Gasteiger partial charge in [-0.2, -0.15) is 5.26 Å². The van der Waals surface area contributed by atoms with E-state index in [1.807, 2.05) is 42.5 Å². The van der Waals surface area contributed by atoms with E-state index in [4.69, 9.17) is 21.1 Å². The number of ether oxygens (including phenoxy) is 2. The molecule has 1 aliphatic heterocycles. The molecule has 0 radical (unpaired) electrons. The van der Waals surface area contributed by atoms with E-state index in [-0.39, 0.29) is 5.91 Å². The van der Waals surface area contributed by atoms with Crippen molar-refractivity contribution >= 4 is 46.2 Å². The number of carbonyl (C=O) groups excluding carboxylic acids is 1. The van der Waals surface area contributed by atoms with Crippen molar-refractivity contribution in [3.8, 4) is 17.6 Å². The van der Waals surface area contributed by atoms with Gasteiger partial charge >= 0.3 is 0 Å². The fourth-order valence-corrected chi connectivity index (χ4v) is 4.50. The Kier molecular flexibility index (Phi) is 7.21. The van der Waals surface area contributed by atoms with Crippen molar-refractivity contribution in [2.45, 2.75) is 5.75 Å². The molecule has 1 heterocycles. The molecule has 1 amide bonds. The lowest BCUT2D eigenvalue weighted by Gasteiger charge is -2.19. The number of rotatable bonds is 6. The standard InChI is InChI=1S/C26H20ClN3O3S/c1-32-21-9-6-17(7-10-21)13-23-25(31)30(20-8-11-22(27)24(14-20)33-2)26(29-23)34-16-19-5-3-4-18(12-19)15-28/h3-14H,16H2,1-2H3/b23-13-. The van der Waals surface area contributed by atoms with Gasteiger partial charge in [0.15, 0.2) is 5.17 Å². The van der Waals surface area contributed by atoms with Crippen LogP contribution in [0.1, 0.15) is 16.7 Å². The molecule has 3 aromatic carbocycles. The monoisotopic (exact) mass is 489 g/mol. The molecule has 0 saturated heterocycles. The Morgan fingerprint density at radius 3 is 2.59 bits per heavy atom. The van der Waals surface area contributed by atoms with E-state index in [1.54, 1.807) is 42.4 Å². The van der Waals surface area contributed by atoms with Crippen LogP contribution in [0.3, 0.4) is 0 Å². The van der Waals surface area contributed by atoms with E-state index in [0.717, 1.165) is 16.9 Å². The third-order valence-electron chi connectivity index (χ3n) is 5.07. The lowest BCUT2D eigenvalue weighted by atomic mass is 10.2. The summed E-state index contributed by atoms with van der Waals surface area (Å²) in [5, 5.41) is 10.2. The van der Waals surface area contributed by atoms with Crippen molar-refractivity contribution in [1.29, 1.82) is 5.26 Å². The van der Waals surface area contributed by atoms with Gasteiger partial charge in [0.25, 0.3) is 5.91 Å². The van der Waals surface area contributed by atoms with Gasteiger partial charge in [-0.3, -0.25) is 9.69 Å². The van der Waals surface area contributed by atoms with E-state index >= 15 is 0 Å². The minimum Gasteiger partial charge on any atom is -0.497 e. The van der Waals surface area contributed by atoms with E-state index < -0.39 is 0 Å². The molecule has 0 bridgehead atoms. The Morgan fingerprint density at radius 1 is 1.09 bits per heavy atom. The summed E-state index contributed by atoms with van der Waals surface area (Å²) in [4.78, 5) is 19.6. The highest BCUT2D eigenvalue weighted by molar-refractivity contribution is 8.13. The Labute approximate surface area is 207 Å². The Balaban J connectivity index is 1.68. The number of carbonyl (C=O) groups is 1. The van der Waals surface area contributed by atoms with Gasteiger partial charge in [-0.05, 0) is 53.6 Å². The highest BCUT2D eigenvalue weighted by Crippen LogP contribution is 2.35. The number of benzene rings is 3. The van der Waals surface area contributed by atoms with Crippen molar-refractivity contribution in [3.63, 3.8) is 0 Å². The molecular weight excluding hydrogens is 470 g/mol. The Bertz CT molecular complexity index is 1330. The van der Waals surface area contributed by atoms with Gasteiger partial charge in [0.2, 0.25) is 0 Å². The third kappa shape index (κ3) is 5.09. The van der Waals surface area contributed by atoms with Crippen molar-refractivity contribution in [1.82, 2.24) is 0 Å². The fraction of sp³-hybridized carbons (Fsp3) is 0.115. The molecule has 170 valence electrons. The van der Waals surface area contributed by atoms with Crippen molar-refractivity contribution < 1.29 is 14.3 Å². The largest absolute Gasteiger partial charge is 0.497 e. The number of hydrogen-bond acceptors (Lipinski definition) is 6. The average Bonchev–Trinajstić information content (AvgIpc) is 3.18. The first-order valence-corrected chi connectivity index (χ1v) is 11.6. The predicted molar refractivity (Wildman–Crippen MR) is 136 cm³/mol. The number of nitrogens with zero attached hydrogens (tertiary/aromatic N) is 3. The topological polar surface area (TPSA) is 74.9 Å². The molecule has 0 aliphatic carbocycles. The number of halogens is 1. The number of amidine groups is 1. The lowest BCUT2D eigenvalue weighted by molar-refractivity contribution is -0.113. The lowest BCUT2D eigenvalue weighted by Crippen LogP contribution is -2.30. The summed E-state index contributed by atoms with van der Waals surface area (Å²) < 4.78 is 10.5. The van der Waals surface area contributed by atoms with Crippen LogP contribution in [0.4, 0.5) is 5.69 Å². The summed E-state index contributed by atoms with van der Waals surface area (Å²) in [6.45, 7) is 0. The number of aliphatic imine (C=N–C) groups is 1. The summed E-state index contributed by atoms with van der Waals surface area (Å²) in [6, 6.07) is 22.1. The SMILES string of the molecule is COc1ccc(/C=C2\N=C(SCc3cccc(C#N)c3)N(c3ccc(Cl)c(OC)c3)C2=O)cc1. The zero-order chi connectivity index (χ0) is 24.1. The molecule has 0 aromatic heterocycles. The summed E-state index contributed by atoms with van der Waals surface area (Å²) in [5.41, 5.74) is 3.28. The smallest absolute Gasteiger partial charge is 0.283 e. The molecule has 1 aliphatic rings. The van der Waals surface area contributed by atoms with Crippen LogP contribution in [-0.4, -0.2) is 25.3 Å². The van der Waals surface area contributed by atoms with Crippen molar-refractivity contribution in [2.24, 2.45) is 4.99 Å². The van der Waals surface area contributed by atoms with Crippen LogP contribution in [0.15, 0.2) is 77.4 Å². The minimum absolute atomic E-state index is 0.256. The molecule has 0 saturated carbocycles. The number of thioether (sulfide) groups is 1. The maximum absolute atomic E-state index is 13.4. The fourth-order valence-electron chi connectivity index (χ4n) is 3.34. The second-order valence-electron chi connectivity index (χ2n) is 7.26. The average molecular weight is 490 g/mol. The molecule has 0 spiro atoms. The number of nitriles is 1. The maximum Gasteiger partial charge on any atom is 0.283 e. The highest BCUT2D eigenvalue weighted by Gasteiger charge is 2.32. The van der Waals surface area contributed by atoms with Gasteiger partial charge in [-0.15, -0.1) is 0 Å². The van der Waals surface area contributed by atoms with Crippen LogP contribution < -0.4 is 14.4 Å². The molecule has 4 rings (SSSR count). The molecule has 0 N–H and O–H groups in total. The number of anilines is 1. The zero-order valence-corrected chi connectivity index (χ0v) is 20.1. The van der Waals surface area contributed by atoms with E-state index in [0.29, 0.717) is 38.6 Å². The van der Waals surface area contributed by atoms with E-state index in [1.165, 1.54) is 18.9 Å². The second-order valence-corrected chi connectivity index (χ2v) is 8.61. The molecule has 8 heteroatoms. The summed E-state index contributed by atoms with van der Waals surface area (Å²) in [6.07, 6.45) is 1.74. The van der Waals surface area contributed by atoms with Crippen LogP contribution in [0.5, 0.6) is 11.5 Å². The van der Waals surface area contributed by atoms with Crippen LogP contribution in [-0.2, 0) is 10.5 Å². The summed E-state index contributed by atoms with van der Waals surface area (Å²) >= 11 is 7.61. The first-order valence-electron chi connectivity index (χ1n) is 10.3. The summed E-state index contributed by atoms with van der Waals surface area (Å²) in [5.74, 6) is 1.48. The number of hydrogen-bond donors (Lipinski definition) is 0.